The SMILES string of the molecule is CC[C@H]1O[C@@H](n2ccc(NC(C)=O)nc2=O)[C@H](OCCOC(F)(F)F)[C@@H]1N=[N+]=[N-]. The Bertz CT molecular complexity index is 825. The van der Waals surface area contributed by atoms with Gasteiger partial charge in [0.05, 0.1) is 25.4 Å². The Hall–Kier alpha value is -2.67. The number of nitrogens with one attached hydrogen (secondary N) is 1. The summed E-state index contributed by atoms with van der Waals surface area (Å²) in [5.74, 6) is -0.404. The molecule has 1 aromatic heterocycles. The third-order valence-electron chi connectivity index (χ3n) is 3.97. The van der Waals surface area contributed by atoms with Crippen molar-refractivity contribution in [3.63, 3.8) is 0 Å². The van der Waals surface area contributed by atoms with Gasteiger partial charge in [-0.15, -0.1) is 13.2 Å². The van der Waals surface area contributed by atoms with Crippen LogP contribution in [0.15, 0.2) is 22.2 Å². The second-order valence-corrected chi connectivity index (χ2v) is 5.98. The van der Waals surface area contributed by atoms with E-state index in [0.29, 0.717) is 6.42 Å². The average Bonchev–Trinajstić information content (AvgIpc) is 2.95. The van der Waals surface area contributed by atoms with Gasteiger partial charge in [0.1, 0.15) is 11.9 Å². The molecule has 1 aliphatic rings. The highest BCUT2D eigenvalue weighted by molar-refractivity contribution is 5.87. The molecule has 1 fully saturated rings. The molecule has 0 saturated carbocycles. The second kappa shape index (κ2) is 9.69. The van der Waals surface area contributed by atoms with Crippen LogP contribution in [0.5, 0.6) is 0 Å². The highest BCUT2D eigenvalue weighted by Crippen LogP contribution is 2.34. The lowest BCUT2D eigenvalue weighted by atomic mass is 10.1. The fourth-order valence-electron chi connectivity index (χ4n) is 2.86. The lowest BCUT2D eigenvalue weighted by Gasteiger charge is -2.23. The number of carbonyl (C=O) groups excluding carboxylic acids is 1. The van der Waals surface area contributed by atoms with E-state index in [2.05, 4.69) is 25.1 Å². The summed E-state index contributed by atoms with van der Waals surface area (Å²) in [5.41, 5.74) is 8.03. The number of halogens is 3. The summed E-state index contributed by atoms with van der Waals surface area (Å²) in [6, 6.07) is 0.459. The molecular formula is C15H19F3N6O5. The molecule has 2 heterocycles. The van der Waals surface area contributed by atoms with Gasteiger partial charge in [-0.1, -0.05) is 12.0 Å². The minimum atomic E-state index is -4.81. The highest BCUT2D eigenvalue weighted by atomic mass is 19.4. The van der Waals surface area contributed by atoms with E-state index < -0.39 is 55.7 Å². The Balaban J connectivity index is 2.25. The van der Waals surface area contributed by atoms with Crippen molar-refractivity contribution in [2.24, 2.45) is 5.11 Å². The molecule has 0 unspecified atom stereocenters. The third kappa shape index (κ3) is 6.15. The molecule has 1 aromatic rings. The van der Waals surface area contributed by atoms with Crippen LogP contribution >= 0.6 is 0 Å². The number of rotatable bonds is 8. The van der Waals surface area contributed by atoms with Gasteiger partial charge in [0, 0.05) is 18.0 Å². The maximum Gasteiger partial charge on any atom is 0.522 e. The van der Waals surface area contributed by atoms with Crippen LogP contribution in [-0.4, -0.2) is 53.3 Å². The molecule has 1 saturated heterocycles. The van der Waals surface area contributed by atoms with E-state index in [1.54, 1.807) is 6.92 Å². The maximum atomic E-state index is 12.4. The third-order valence-corrected chi connectivity index (χ3v) is 3.97. The van der Waals surface area contributed by atoms with Crippen LogP contribution in [0.2, 0.25) is 0 Å². The van der Waals surface area contributed by atoms with Crippen molar-refractivity contribution >= 4 is 11.7 Å². The van der Waals surface area contributed by atoms with Gasteiger partial charge in [0.25, 0.3) is 0 Å². The van der Waals surface area contributed by atoms with Crippen molar-refractivity contribution in [2.45, 2.75) is 51.1 Å². The van der Waals surface area contributed by atoms with Gasteiger partial charge in [-0.3, -0.25) is 14.1 Å². The number of hydrogen-bond acceptors (Lipinski definition) is 7. The molecule has 0 spiro atoms. The largest absolute Gasteiger partial charge is 0.522 e. The van der Waals surface area contributed by atoms with Crippen LogP contribution in [0, 0.1) is 0 Å². The summed E-state index contributed by atoms with van der Waals surface area (Å²) >= 11 is 0. The van der Waals surface area contributed by atoms with E-state index in [1.165, 1.54) is 19.2 Å². The molecule has 0 aliphatic carbocycles. The first-order chi connectivity index (χ1) is 13.7. The van der Waals surface area contributed by atoms with Crippen LogP contribution < -0.4 is 11.0 Å². The van der Waals surface area contributed by atoms with Crippen LogP contribution in [-0.2, 0) is 19.0 Å². The van der Waals surface area contributed by atoms with Gasteiger partial charge in [0.2, 0.25) is 5.91 Å². The molecule has 0 bridgehead atoms. The molecule has 0 aromatic carbocycles. The molecular weight excluding hydrogens is 401 g/mol. The Morgan fingerprint density at radius 3 is 2.76 bits per heavy atom. The lowest BCUT2D eigenvalue weighted by Crippen LogP contribution is -2.37. The van der Waals surface area contributed by atoms with E-state index in [4.69, 9.17) is 15.0 Å². The summed E-state index contributed by atoms with van der Waals surface area (Å²) in [5, 5.41) is 5.98. The first-order valence-electron chi connectivity index (χ1n) is 8.55. The van der Waals surface area contributed by atoms with Crippen molar-refractivity contribution in [2.75, 3.05) is 18.5 Å². The zero-order valence-electron chi connectivity index (χ0n) is 15.5. The number of nitrogens with zero attached hydrogens (tertiary/aromatic N) is 5. The molecule has 29 heavy (non-hydrogen) atoms. The topological polar surface area (TPSA) is 140 Å². The number of azide groups is 1. The summed E-state index contributed by atoms with van der Waals surface area (Å²) < 4.78 is 52.3. The quantitative estimate of drug-likeness (QED) is 0.296. The Morgan fingerprint density at radius 1 is 1.48 bits per heavy atom. The number of hydrogen-bond donors (Lipinski definition) is 1. The highest BCUT2D eigenvalue weighted by Gasteiger charge is 2.45. The van der Waals surface area contributed by atoms with Gasteiger partial charge < -0.3 is 14.8 Å². The van der Waals surface area contributed by atoms with E-state index in [0.717, 1.165) is 4.57 Å². The summed E-state index contributed by atoms with van der Waals surface area (Å²) in [6.07, 6.45) is -5.92. The lowest BCUT2D eigenvalue weighted by molar-refractivity contribution is -0.327. The molecule has 11 nitrogen and oxygen atoms in total. The number of carbonyl (C=O) groups is 1. The second-order valence-electron chi connectivity index (χ2n) is 5.98. The predicted molar refractivity (Wildman–Crippen MR) is 91.7 cm³/mol. The van der Waals surface area contributed by atoms with Crippen molar-refractivity contribution in [1.29, 1.82) is 0 Å². The summed E-state index contributed by atoms with van der Waals surface area (Å²) in [4.78, 5) is 29.9. The average molecular weight is 420 g/mol. The predicted octanol–water partition coefficient (Wildman–Crippen LogP) is 2.11. The molecule has 1 aliphatic heterocycles. The van der Waals surface area contributed by atoms with Gasteiger partial charge in [0.15, 0.2) is 6.23 Å². The molecule has 1 amide bonds. The standard InChI is InChI=1S/C15H19F3N6O5/c1-3-9-11(22-23-19)12(27-6-7-28-15(16,17)18)13(29-9)24-5-4-10(20-8(2)25)21-14(24)26/h4-5,9,11-13H,3,6-7H2,1-2H3,(H,20,21,25,26)/t9-,11-,12-,13-/m1/s1. The van der Waals surface area contributed by atoms with Crippen molar-refractivity contribution in [3.8, 4) is 0 Å². The summed E-state index contributed by atoms with van der Waals surface area (Å²) in [7, 11) is 0. The van der Waals surface area contributed by atoms with Crippen LogP contribution in [0.1, 0.15) is 26.5 Å². The minimum absolute atomic E-state index is 0.0198. The Kier molecular flexibility index (Phi) is 7.56. The smallest absolute Gasteiger partial charge is 0.371 e. The Morgan fingerprint density at radius 2 is 2.21 bits per heavy atom. The van der Waals surface area contributed by atoms with Gasteiger partial charge in [-0.05, 0) is 18.0 Å². The van der Waals surface area contributed by atoms with E-state index in [9.17, 15) is 22.8 Å². The summed E-state index contributed by atoms with van der Waals surface area (Å²) in [6.45, 7) is 1.72. The number of aromatic nitrogens is 2. The van der Waals surface area contributed by atoms with E-state index >= 15 is 0 Å². The first-order valence-corrected chi connectivity index (χ1v) is 8.55. The number of alkyl halides is 3. The number of ether oxygens (including phenoxy) is 3. The van der Waals surface area contributed by atoms with Crippen molar-refractivity contribution in [3.05, 3.63) is 33.2 Å². The van der Waals surface area contributed by atoms with Crippen molar-refractivity contribution < 1.29 is 32.2 Å². The van der Waals surface area contributed by atoms with Gasteiger partial charge in [-0.2, -0.15) is 4.98 Å². The fraction of sp³-hybridized carbons (Fsp3) is 0.667. The molecule has 2 rings (SSSR count). The first kappa shape index (κ1) is 22.6. The molecule has 160 valence electrons. The normalized spacial score (nSPS) is 24.2. The molecule has 0 radical (unpaired) electrons. The number of amides is 1. The van der Waals surface area contributed by atoms with Gasteiger partial charge in [-0.25, -0.2) is 4.79 Å². The van der Waals surface area contributed by atoms with Crippen LogP contribution in [0.25, 0.3) is 10.4 Å². The zero-order chi connectivity index (χ0) is 21.6. The monoisotopic (exact) mass is 420 g/mol. The number of anilines is 1. The van der Waals surface area contributed by atoms with Crippen LogP contribution in [0.4, 0.5) is 19.0 Å². The fourth-order valence-corrected chi connectivity index (χ4v) is 2.86. The van der Waals surface area contributed by atoms with Crippen molar-refractivity contribution in [1.82, 2.24) is 9.55 Å². The molecule has 4 atom stereocenters. The maximum absolute atomic E-state index is 12.4. The van der Waals surface area contributed by atoms with E-state index in [1.807, 2.05) is 0 Å². The Labute approximate surface area is 162 Å². The molecule has 14 heteroatoms. The molecule has 1 N–H and O–H groups in total. The van der Waals surface area contributed by atoms with Crippen LogP contribution in [0.3, 0.4) is 0 Å². The minimum Gasteiger partial charge on any atom is -0.371 e. The van der Waals surface area contributed by atoms with E-state index in [-0.39, 0.29) is 5.82 Å². The van der Waals surface area contributed by atoms with Gasteiger partial charge >= 0.3 is 12.1 Å². The zero-order valence-corrected chi connectivity index (χ0v) is 15.5.